The SMILES string of the molecule is CCC(=NOCc1c(F)c(F)c(F)c(F)c1F)C(=O)O[Si](C)(C)C. The van der Waals surface area contributed by atoms with Crippen molar-refractivity contribution >= 4 is 20.0 Å². The molecule has 0 aliphatic carbocycles. The van der Waals surface area contributed by atoms with Gasteiger partial charge < -0.3 is 9.26 Å². The second-order valence-electron chi connectivity index (χ2n) is 5.72. The summed E-state index contributed by atoms with van der Waals surface area (Å²) in [6, 6.07) is 0. The molecule has 0 N–H and O–H groups in total. The van der Waals surface area contributed by atoms with Gasteiger partial charge in [0.15, 0.2) is 29.0 Å². The molecular weight excluding hydrogens is 353 g/mol. The second-order valence-corrected chi connectivity index (χ2v) is 10.1. The van der Waals surface area contributed by atoms with Crippen LogP contribution in [0.3, 0.4) is 0 Å². The number of carbonyl (C=O) groups excluding carboxylic acids is 1. The van der Waals surface area contributed by atoms with Crippen molar-refractivity contribution in [2.75, 3.05) is 0 Å². The molecule has 0 fully saturated rings. The molecule has 24 heavy (non-hydrogen) atoms. The zero-order valence-corrected chi connectivity index (χ0v) is 14.5. The molecule has 0 spiro atoms. The molecule has 0 radical (unpaired) electrons. The van der Waals surface area contributed by atoms with Crippen molar-refractivity contribution in [3.8, 4) is 0 Å². The fourth-order valence-electron chi connectivity index (χ4n) is 1.53. The molecule has 0 atom stereocenters. The summed E-state index contributed by atoms with van der Waals surface area (Å²) >= 11 is 0. The van der Waals surface area contributed by atoms with Crippen LogP contribution >= 0.6 is 0 Å². The van der Waals surface area contributed by atoms with Crippen molar-refractivity contribution < 1.29 is 36.0 Å². The van der Waals surface area contributed by atoms with Crippen LogP contribution in [0.15, 0.2) is 5.16 Å². The van der Waals surface area contributed by atoms with Crippen LogP contribution in [0.25, 0.3) is 0 Å². The molecule has 0 aromatic heterocycles. The van der Waals surface area contributed by atoms with E-state index < -0.39 is 55.5 Å². The minimum absolute atomic E-state index is 0.0976. The van der Waals surface area contributed by atoms with Crippen molar-refractivity contribution in [3.63, 3.8) is 0 Å². The van der Waals surface area contributed by atoms with Crippen LogP contribution in [0.1, 0.15) is 18.9 Å². The highest BCUT2D eigenvalue weighted by molar-refractivity contribution is 6.72. The summed E-state index contributed by atoms with van der Waals surface area (Å²) in [6.07, 6.45) is 0.0976. The number of carbonyl (C=O) groups is 1. The summed E-state index contributed by atoms with van der Waals surface area (Å²) in [5.74, 6) is -11.2. The molecule has 4 nitrogen and oxygen atoms in total. The maximum Gasteiger partial charge on any atom is 0.342 e. The molecule has 134 valence electrons. The van der Waals surface area contributed by atoms with Gasteiger partial charge in [-0.05, 0) is 26.1 Å². The molecule has 1 rings (SSSR count). The summed E-state index contributed by atoms with van der Waals surface area (Å²) in [4.78, 5) is 16.4. The predicted octanol–water partition coefficient (Wildman–Crippen LogP) is 4.04. The number of nitrogens with zero attached hydrogens (tertiary/aromatic N) is 1. The first-order valence-electron chi connectivity index (χ1n) is 6.92. The Labute approximate surface area is 136 Å². The Morgan fingerprint density at radius 2 is 1.42 bits per heavy atom. The van der Waals surface area contributed by atoms with Gasteiger partial charge in [-0.15, -0.1) is 0 Å². The van der Waals surface area contributed by atoms with Crippen LogP contribution < -0.4 is 0 Å². The van der Waals surface area contributed by atoms with Gasteiger partial charge in [0.25, 0.3) is 0 Å². The Hall–Kier alpha value is -1.97. The number of hydrogen-bond acceptors (Lipinski definition) is 4. The van der Waals surface area contributed by atoms with Crippen LogP contribution in [-0.2, 0) is 20.7 Å². The average Bonchev–Trinajstić information content (AvgIpc) is 2.48. The lowest BCUT2D eigenvalue weighted by atomic mass is 10.2. The van der Waals surface area contributed by atoms with E-state index in [1.54, 1.807) is 26.6 Å². The van der Waals surface area contributed by atoms with Gasteiger partial charge in [0.05, 0.1) is 5.56 Å². The molecular formula is C14H16F5NO3Si. The summed E-state index contributed by atoms with van der Waals surface area (Å²) in [5.41, 5.74) is -1.34. The Kier molecular flexibility index (Phi) is 6.47. The van der Waals surface area contributed by atoms with Gasteiger partial charge >= 0.3 is 5.97 Å². The van der Waals surface area contributed by atoms with E-state index in [1.807, 2.05) is 0 Å². The average molecular weight is 369 g/mol. The summed E-state index contributed by atoms with van der Waals surface area (Å²) in [5, 5.41) is 3.38. The normalized spacial score (nSPS) is 12.3. The smallest absolute Gasteiger partial charge is 0.342 e. The molecule has 0 saturated heterocycles. The Balaban J connectivity index is 2.95. The zero-order valence-electron chi connectivity index (χ0n) is 13.5. The van der Waals surface area contributed by atoms with Gasteiger partial charge in [0, 0.05) is 0 Å². The molecule has 10 heteroatoms. The fourth-order valence-corrected chi connectivity index (χ4v) is 2.21. The van der Waals surface area contributed by atoms with Crippen LogP contribution in [0.5, 0.6) is 0 Å². The standard InChI is InChI=1S/C14H16F5NO3Si/c1-5-8(14(21)23-24(2,3)4)20-22-6-7-9(15)11(17)13(19)12(18)10(7)16/h5-6H2,1-4H3. The van der Waals surface area contributed by atoms with E-state index in [9.17, 15) is 26.7 Å². The summed E-state index contributed by atoms with van der Waals surface area (Å²) in [6.45, 7) is 5.80. The number of oxime groups is 1. The van der Waals surface area contributed by atoms with Gasteiger partial charge in [-0.1, -0.05) is 12.1 Å². The topological polar surface area (TPSA) is 47.9 Å². The van der Waals surface area contributed by atoms with Crippen LogP contribution in [0.4, 0.5) is 22.0 Å². The molecule has 1 aromatic rings. The molecule has 0 aliphatic rings. The largest absolute Gasteiger partial charge is 0.515 e. The van der Waals surface area contributed by atoms with Gasteiger partial charge in [-0.3, -0.25) is 0 Å². The molecule has 1 aromatic carbocycles. The van der Waals surface area contributed by atoms with Crippen molar-refractivity contribution in [2.45, 2.75) is 39.6 Å². The first-order valence-corrected chi connectivity index (χ1v) is 10.3. The number of hydrogen-bond donors (Lipinski definition) is 0. The van der Waals surface area contributed by atoms with Crippen molar-refractivity contribution in [3.05, 3.63) is 34.6 Å². The van der Waals surface area contributed by atoms with E-state index in [2.05, 4.69) is 9.99 Å². The van der Waals surface area contributed by atoms with Gasteiger partial charge in [0.2, 0.25) is 14.1 Å². The third-order valence-corrected chi connectivity index (χ3v) is 3.45. The minimum Gasteiger partial charge on any atom is -0.515 e. The van der Waals surface area contributed by atoms with Crippen molar-refractivity contribution in [1.29, 1.82) is 0 Å². The molecule has 0 heterocycles. The highest BCUT2D eigenvalue weighted by Crippen LogP contribution is 2.23. The van der Waals surface area contributed by atoms with Gasteiger partial charge in [-0.25, -0.2) is 26.7 Å². The third kappa shape index (κ3) is 4.76. The quantitative estimate of drug-likeness (QED) is 0.190. The van der Waals surface area contributed by atoms with E-state index in [0.29, 0.717) is 0 Å². The predicted molar refractivity (Wildman–Crippen MR) is 78.2 cm³/mol. The highest BCUT2D eigenvalue weighted by atomic mass is 28.4. The monoisotopic (exact) mass is 369 g/mol. The lowest BCUT2D eigenvalue weighted by Gasteiger charge is -2.17. The number of halogens is 5. The molecule has 0 aliphatic heterocycles. The van der Waals surface area contributed by atoms with Gasteiger partial charge in [0.1, 0.15) is 6.61 Å². The Bertz CT molecular complexity index is 644. The van der Waals surface area contributed by atoms with Crippen LogP contribution in [0.2, 0.25) is 19.6 Å². The first-order chi connectivity index (χ1) is 11.0. The zero-order chi connectivity index (χ0) is 18.7. The molecule has 0 saturated carbocycles. The molecule has 0 amide bonds. The van der Waals surface area contributed by atoms with Gasteiger partial charge in [-0.2, -0.15) is 0 Å². The van der Waals surface area contributed by atoms with Crippen molar-refractivity contribution in [1.82, 2.24) is 0 Å². The molecule has 0 bridgehead atoms. The van der Waals surface area contributed by atoms with E-state index >= 15 is 0 Å². The summed E-state index contributed by atoms with van der Waals surface area (Å²) in [7, 11) is -2.19. The van der Waals surface area contributed by atoms with Crippen molar-refractivity contribution in [2.24, 2.45) is 5.16 Å². The Morgan fingerprint density at radius 3 is 1.83 bits per heavy atom. The molecule has 0 unspecified atom stereocenters. The number of benzene rings is 1. The highest BCUT2D eigenvalue weighted by Gasteiger charge is 2.26. The third-order valence-electron chi connectivity index (χ3n) is 2.65. The van der Waals surface area contributed by atoms with E-state index in [0.717, 1.165) is 0 Å². The van der Waals surface area contributed by atoms with E-state index in [-0.39, 0.29) is 12.1 Å². The maximum atomic E-state index is 13.5. The fraction of sp³-hybridized carbons (Fsp3) is 0.429. The Morgan fingerprint density at radius 1 is 0.958 bits per heavy atom. The lowest BCUT2D eigenvalue weighted by Crippen LogP contribution is -2.33. The second kappa shape index (κ2) is 7.73. The number of rotatable bonds is 6. The van der Waals surface area contributed by atoms with E-state index in [4.69, 9.17) is 4.43 Å². The minimum atomic E-state index is -2.26. The summed E-state index contributed by atoms with van der Waals surface area (Å²) < 4.78 is 71.1. The van der Waals surface area contributed by atoms with Crippen LogP contribution in [-0.4, -0.2) is 20.0 Å². The van der Waals surface area contributed by atoms with E-state index in [1.165, 1.54) is 0 Å². The maximum absolute atomic E-state index is 13.5. The van der Waals surface area contributed by atoms with Crippen LogP contribution in [0, 0.1) is 29.1 Å². The lowest BCUT2D eigenvalue weighted by molar-refractivity contribution is -0.128. The first kappa shape index (κ1) is 20.1.